The van der Waals surface area contributed by atoms with Crippen molar-refractivity contribution in [3.63, 3.8) is 0 Å². The average molecular weight is 512 g/mol. The van der Waals surface area contributed by atoms with Crippen LogP contribution in [0.2, 0.25) is 5.02 Å². The van der Waals surface area contributed by atoms with Crippen molar-refractivity contribution in [1.29, 1.82) is 0 Å². The Morgan fingerprint density at radius 1 is 1.27 bits per heavy atom. The third-order valence-corrected chi connectivity index (χ3v) is 8.65. The lowest BCUT2D eigenvalue weighted by Crippen LogP contribution is -2.40. The van der Waals surface area contributed by atoms with E-state index in [1.807, 2.05) is 6.92 Å². The summed E-state index contributed by atoms with van der Waals surface area (Å²) < 4.78 is 49.8. The van der Waals surface area contributed by atoms with Gasteiger partial charge in [-0.1, -0.05) is 29.0 Å². The van der Waals surface area contributed by atoms with Crippen LogP contribution in [0, 0.1) is 5.82 Å². The Morgan fingerprint density at radius 2 is 2.03 bits per heavy atom. The first-order valence-electron chi connectivity index (χ1n) is 10.5. The maximum absolute atomic E-state index is 14.6. The number of sulfonamides is 1. The van der Waals surface area contributed by atoms with Crippen LogP contribution in [-0.2, 0) is 26.1 Å². The first kappa shape index (κ1) is 24.0. The number of benzene rings is 2. The van der Waals surface area contributed by atoms with Gasteiger partial charge in [-0.25, -0.2) is 12.8 Å². The van der Waals surface area contributed by atoms with Crippen LogP contribution < -0.4 is 4.80 Å². The van der Waals surface area contributed by atoms with Crippen molar-refractivity contribution in [2.45, 2.75) is 37.2 Å². The van der Waals surface area contributed by atoms with Crippen LogP contribution >= 0.6 is 22.9 Å². The first-order chi connectivity index (χ1) is 15.8. The number of carbonyl (C=O) groups excluding carboxylic acids is 1. The minimum Gasteiger partial charge on any atom is -0.380 e. The lowest BCUT2D eigenvalue weighted by atomic mass is 10.2. The minimum atomic E-state index is -3.89. The van der Waals surface area contributed by atoms with Crippen LogP contribution in [0.25, 0.3) is 10.2 Å². The largest absolute Gasteiger partial charge is 0.380 e. The summed E-state index contributed by atoms with van der Waals surface area (Å²) in [6.45, 7) is 3.25. The zero-order chi connectivity index (χ0) is 23.6. The fourth-order valence-corrected chi connectivity index (χ4v) is 6.72. The molecule has 0 aliphatic carbocycles. The number of aromatic nitrogens is 1. The van der Waals surface area contributed by atoms with Gasteiger partial charge in [0.05, 0.1) is 21.7 Å². The normalized spacial score (nSPS) is 17.8. The Bertz CT molecular complexity index is 1340. The Morgan fingerprint density at radius 3 is 2.76 bits per heavy atom. The van der Waals surface area contributed by atoms with Crippen LogP contribution in [0.1, 0.15) is 19.8 Å². The van der Waals surface area contributed by atoms with E-state index in [4.69, 9.17) is 16.3 Å². The van der Waals surface area contributed by atoms with E-state index in [9.17, 15) is 17.6 Å². The molecule has 0 radical (unpaired) electrons. The molecular weight excluding hydrogens is 489 g/mol. The Labute approximate surface area is 200 Å². The van der Waals surface area contributed by atoms with Gasteiger partial charge in [0.1, 0.15) is 11.9 Å². The third-order valence-electron chi connectivity index (χ3n) is 5.43. The molecule has 0 N–H and O–H groups in total. The van der Waals surface area contributed by atoms with Crippen LogP contribution in [0.15, 0.2) is 52.4 Å². The Balaban J connectivity index is 1.70. The number of fused-ring (bicyclic) bond motifs is 1. The smallest absolute Gasteiger partial charge is 0.266 e. The number of nitrogens with zero attached hydrogens (tertiary/aromatic N) is 3. The molecule has 1 aliphatic rings. The maximum atomic E-state index is 14.6. The minimum absolute atomic E-state index is 0.0716. The summed E-state index contributed by atoms with van der Waals surface area (Å²) in [5.74, 6) is -0.982. The van der Waals surface area contributed by atoms with Crippen LogP contribution in [-0.4, -0.2) is 49.0 Å². The van der Waals surface area contributed by atoms with E-state index in [1.54, 1.807) is 16.7 Å². The van der Waals surface area contributed by atoms with Crippen molar-refractivity contribution in [1.82, 2.24) is 8.87 Å². The molecule has 3 aromatic rings. The number of rotatable bonds is 7. The summed E-state index contributed by atoms with van der Waals surface area (Å²) in [5, 5.41) is 0.423. The van der Waals surface area contributed by atoms with E-state index < -0.39 is 27.8 Å². The highest BCUT2D eigenvalue weighted by atomic mass is 35.5. The van der Waals surface area contributed by atoms with E-state index in [0.717, 1.165) is 0 Å². The maximum Gasteiger partial charge on any atom is 0.266 e. The molecule has 0 saturated carbocycles. The third kappa shape index (κ3) is 4.90. The summed E-state index contributed by atoms with van der Waals surface area (Å²) in [5.41, 5.74) is 0.353. The summed E-state index contributed by atoms with van der Waals surface area (Å²) in [4.78, 5) is 17.8. The fraction of sp³-hybridized carbons (Fsp3) is 0.364. The molecule has 1 fully saturated rings. The van der Waals surface area contributed by atoms with Crippen molar-refractivity contribution in [2.24, 2.45) is 4.99 Å². The van der Waals surface area contributed by atoms with Gasteiger partial charge in [0.2, 0.25) is 10.0 Å². The molecule has 2 aromatic carbocycles. The lowest BCUT2D eigenvalue weighted by molar-refractivity contribution is -0.121. The second-order valence-corrected chi connectivity index (χ2v) is 10.8. The topological polar surface area (TPSA) is 81.0 Å². The Hall–Kier alpha value is -2.11. The van der Waals surface area contributed by atoms with E-state index in [1.165, 1.54) is 46.0 Å². The molecule has 1 aromatic heterocycles. The monoisotopic (exact) mass is 511 g/mol. The zero-order valence-corrected chi connectivity index (χ0v) is 20.3. The molecule has 7 nitrogen and oxygen atoms in total. The van der Waals surface area contributed by atoms with Crippen molar-refractivity contribution >= 4 is 49.1 Å². The van der Waals surface area contributed by atoms with Gasteiger partial charge in [-0.15, -0.1) is 0 Å². The second kappa shape index (κ2) is 10.0. The molecule has 0 spiro atoms. The number of halogens is 2. The van der Waals surface area contributed by atoms with Gasteiger partial charge in [0, 0.05) is 24.7 Å². The molecule has 4 rings (SSSR count). The standard InChI is InChI=1S/C22H23ClFN3O4S2/c1-2-31-14-13-26-20-17(24)5-3-7-19(20)32-22(26)25-21(28)18-6-4-12-27(18)33(29,30)16-10-8-15(23)9-11-16/h3,5,7-11,18H,2,4,6,12-14H2,1H3. The molecule has 1 saturated heterocycles. The number of carbonyl (C=O) groups is 1. The van der Waals surface area contributed by atoms with Crippen LogP contribution in [0.4, 0.5) is 4.39 Å². The van der Waals surface area contributed by atoms with E-state index in [2.05, 4.69) is 4.99 Å². The van der Waals surface area contributed by atoms with Gasteiger partial charge in [-0.05, 0) is 56.2 Å². The van der Waals surface area contributed by atoms with Gasteiger partial charge >= 0.3 is 0 Å². The van der Waals surface area contributed by atoms with Gasteiger partial charge in [0.15, 0.2) is 4.80 Å². The van der Waals surface area contributed by atoms with Crippen molar-refractivity contribution in [2.75, 3.05) is 19.8 Å². The predicted molar refractivity (Wildman–Crippen MR) is 125 cm³/mol. The summed E-state index contributed by atoms with van der Waals surface area (Å²) in [7, 11) is -3.89. The average Bonchev–Trinajstić information content (AvgIpc) is 3.41. The zero-order valence-electron chi connectivity index (χ0n) is 17.9. The molecule has 1 aliphatic heterocycles. The molecule has 176 valence electrons. The number of thiazole rings is 1. The van der Waals surface area contributed by atoms with Crippen LogP contribution in [0.3, 0.4) is 0 Å². The van der Waals surface area contributed by atoms with Gasteiger partial charge in [0.25, 0.3) is 5.91 Å². The number of para-hydroxylation sites is 1. The van der Waals surface area contributed by atoms with Crippen molar-refractivity contribution in [3.05, 3.63) is 58.1 Å². The molecule has 1 atom stereocenters. The molecule has 11 heteroatoms. The quantitative estimate of drug-likeness (QED) is 0.452. The van der Waals surface area contributed by atoms with E-state index in [0.29, 0.717) is 52.6 Å². The lowest BCUT2D eigenvalue weighted by Gasteiger charge is -2.21. The van der Waals surface area contributed by atoms with Gasteiger partial charge in [-0.2, -0.15) is 9.30 Å². The number of ether oxygens (including phenoxy) is 1. The predicted octanol–water partition coefficient (Wildman–Crippen LogP) is 3.81. The molecule has 1 amide bonds. The van der Waals surface area contributed by atoms with Crippen molar-refractivity contribution < 1.29 is 22.3 Å². The molecular formula is C22H23ClFN3O4S2. The highest BCUT2D eigenvalue weighted by molar-refractivity contribution is 7.89. The summed E-state index contributed by atoms with van der Waals surface area (Å²) in [6, 6.07) is 9.64. The van der Waals surface area contributed by atoms with E-state index >= 15 is 0 Å². The van der Waals surface area contributed by atoms with Crippen molar-refractivity contribution in [3.8, 4) is 0 Å². The van der Waals surface area contributed by atoms with Gasteiger partial charge < -0.3 is 9.30 Å². The molecule has 0 bridgehead atoms. The van der Waals surface area contributed by atoms with Gasteiger partial charge in [-0.3, -0.25) is 4.79 Å². The molecule has 2 heterocycles. The number of amides is 1. The summed E-state index contributed by atoms with van der Waals surface area (Å²) in [6.07, 6.45) is 0.914. The first-order valence-corrected chi connectivity index (χ1v) is 13.2. The highest BCUT2D eigenvalue weighted by Gasteiger charge is 2.39. The fourth-order valence-electron chi connectivity index (χ4n) is 3.87. The molecule has 33 heavy (non-hydrogen) atoms. The van der Waals surface area contributed by atoms with Crippen LogP contribution in [0.5, 0.6) is 0 Å². The number of hydrogen-bond donors (Lipinski definition) is 0. The number of hydrogen-bond acceptors (Lipinski definition) is 5. The summed E-state index contributed by atoms with van der Waals surface area (Å²) >= 11 is 7.07. The van der Waals surface area contributed by atoms with E-state index in [-0.39, 0.29) is 11.4 Å². The second-order valence-electron chi connectivity index (χ2n) is 7.50. The highest BCUT2D eigenvalue weighted by Crippen LogP contribution is 2.28. The SMILES string of the molecule is CCOCCn1c(=NC(=O)C2CCCN2S(=O)(=O)c2ccc(Cl)cc2)sc2cccc(F)c21. The molecule has 1 unspecified atom stereocenters. The Kier molecular flexibility index (Phi) is 7.30.